The first-order valence-corrected chi connectivity index (χ1v) is 5.18. The Balaban J connectivity index is 2.49. The lowest BCUT2D eigenvalue weighted by Gasteiger charge is -1.98. The number of thiazole rings is 1. The number of rotatable bonds is 1. The molecule has 0 aliphatic carbocycles. The average Bonchev–Trinajstić information content (AvgIpc) is 2.62. The molecule has 0 unspecified atom stereocenters. The van der Waals surface area contributed by atoms with Gasteiger partial charge in [0.1, 0.15) is 11.2 Å². The monoisotopic (exact) mass is 228 g/mol. The second-order valence-electron chi connectivity index (χ2n) is 2.41. The Hall–Kier alpha value is -0.570. The topological polar surface area (TPSA) is 12.9 Å². The van der Waals surface area contributed by atoms with E-state index in [1.54, 1.807) is 17.5 Å². The molecule has 0 saturated carbocycles. The summed E-state index contributed by atoms with van der Waals surface area (Å²) in [5, 5.41) is 3.82. The predicted octanol–water partition coefficient (Wildman–Crippen LogP) is 3.92. The summed E-state index contributed by atoms with van der Waals surface area (Å²) >= 11 is 13.2. The Kier molecular flexibility index (Phi) is 2.54. The third-order valence-corrected chi connectivity index (χ3v) is 3.07. The molecule has 1 aromatic heterocycles. The van der Waals surface area contributed by atoms with Gasteiger partial charge in [0, 0.05) is 10.9 Å². The first-order chi connectivity index (χ1) is 6.27. The van der Waals surface area contributed by atoms with Crippen LogP contribution < -0.4 is 0 Å². The molecule has 0 bridgehead atoms. The van der Waals surface area contributed by atoms with E-state index in [1.165, 1.54) is 11.3 Å². The maximum absolute atomic E-state index is 5.87. The zero-order valence-electron chi connectivity index (χ0n) is 6.42. The lowest BCUT2D eigenvalue weighted by atomic mass is 10.2. The fourth-order valence-corrected chi connectivity index (χ4v) is 1.84. The molecule has 4 heteroatoms. The summed E-state index contributed by atoms with van der Waals surface area (Å²) in [6.45, 7) is 0. The van der Waals surface area contributed by atoms with E-state index in [1.807, 2.05) is 6.07 Å². The Bertz CT molecular complexity index is 412. The van der Waals surface area contributed by atoms with Gasteiger partial charge in [-0.1, -0.05) is 29.3 Å². The summed E-state index contributed by atoms with van der Waals surface area (Å²) in [6, 6.07) is 5.46. The number of hydrogen-bond acceptors (Lipinski definition) is 2. The van der Waals surface area contributed by atoms with E-state index >= 15 is 0 Å². The van der Waals surface area contributed by atoms with Gasteiger partial charge in [0.25, 0.3) is 0 Å². The van der Waals surface area contributed by atoms with Gasteiger partial charge in [-0.25, -0.2) is 4.98 Å². The average molecular weight is 229 g/mol. The maximum Gasteiger partial charge on any atom is 0.124 e. The zero-order chi connectivity index (χ0) is 9.26. The molecule has 0 aliphatic rings. The van der Waals surface area contributed by atoms with Gasteiger partial charge in [0.15, 0.2) is 0 Å². The van der Waals surface area contributed by atoms with Crippen LogP contribution in [0.15, 0.2) is 23.6 Å². The van der Waals surface area contributed by atoms with Crippen LogP contribution in [0.2, 0.25) is 10.0 Å². The summed E-state index contributed by atoms with van der Waals surface area (Å²) in [4.78, 5) is 4.05. The normalized spacial score (nSPS) is 10.3. The van der Waals surface area contributed by atoms with Crippen molar-refractivity contribution in [2.45, 2.75) is 0 Å². The van der Waals surface area contributed by atoms with E-state index in [2.05, 4.69) is 11.2 Å². The summed E-state index contributed by atoms with van der Waals surface area (Å²) < 4.78 is 0. The maximum atomic E-state index is 5.87. The first kappa shape index (κ1) is 9.00. The fourth-order valence-electron chi connectivity index (χ4n) is 0.955. The van der Waals surface area contributed by atoms with Crippen LogP contribution in [-0.4, -0.2) is 4.98 Å². The molecule has 2 aromatic rings. The molecule has 1 aromatic carbocycles. The highest BCUT2D eigenvalue weighted by atomic mass is 35.5. The van der Waals surface area contributed by atoms with Crippen LogP contribution in [0.1, 0.15) is 0 Å². The molecule has 0 atom stereocenters. The van der Waals surface area contributed by atoms with E-state index in [0.29, 0.717) is 10.0 Å². The van der Waals surface area contributed by atoms with Crippen molar-refractivity contribution in [1.82, 2.24) is 4.98 Å². The van der Waals surface area contributed by atoms with Gasteiger partial charge in [-0.2, -0.15) is 0 Å². The van der Waals surface area contributed by atoms with Crippen LogP contribution in [0.4, 0.5) is 0 Å². The van der Waals surface area contributed by atoms with E-state index in [0.717, 1.165) is 10.6 Å². The van der Waals surface area contributed by atoms with Crippen molar-refractivity contribution in [3.05, 3.63) is 39.8 Å². The van der Waals surface area contributed by atoms with Crippen molar-refractivity contribution in [1.29, 1.82) is 0 Å². The number of hydrogen-bond donors (Lipinski definition) is 0. The number of nitrogens with zero attached hydrogens (tertiary/aromatic N) is 1. The zero-order valence-corrected chi connectivity index (χ0v) is 8.75. The Labute approximate surface area is 90.0 Å². The highest BCUT2D eigenvalue weighted by Crippen LogP contribution is 2.29. The standard InChI is InChI=1S/C9H4Cl2NS/c10-7-2-1-6(5-8(7)11)9-12-3-4-13-9/h1-2,4-5H. The Morgan fingerprint density at radius 1 is 1.23 bits per heavy atom. The molecule has 0 spiro atoms. The van der Waals surface area contributed by atoms with Gasteiger partial charge in [-0.05, 0) is 12.1 Å². The fraction of sp³-hybridized carbons (Fsp3) is 0. The molecule has 13 heavy (non-hydrogen) atoms. The molecule has 0 saturated heterocycles. The van der Waals surface area contributed by atoms with Crippen molar-refractivity contribution in [2.75, 3.05) is 0 Å². The van der Waals surface area contributed by atoms with Gasteiger partial charge < -0.3 is 0 Å². The van der Waals surface area contributed by atoms with Crippen molar-refractivity contribution < 1.29 is 0 Å². The minimum atomic E-state index is 0.550. The second kappa shape index (κ2) is 3.66. The molecule has 0 N–H and O–H groups in total. The highest BCUT2D eigenvalue weighted by molar-refractivity contribution is 7.13. The molecule has 0 amide bonds. The third kappa shape index (κ3) is 1.85. The van der Waals surface area contributed by atoms with Crippen LogP contribution in [0.3, 0.4) is 0 Å². The Morgan fingerprint density at radius 2 is 2.08 bits per heavy atom. The summed E-state index contributed by atoms with van der Waals surface area (Å²) in [7, 11) is 0. The van der Waals surface area contributed by atoms with E-state index in [4.69, 9.17) is 23.2 Å². The van der Waals surface area contributed by atoms with E-state index < -0.39 is 0 Å². The molecule has 65 valence electrons. The minimum absolute atomic E-state index is 0.550. The molecular weight excluding hydrogens is 225 g/mol. The lowest BCUT2D eigenvalue weighted by molar-refractivity contribution is 1.40. The smallest absolute Gasteiger partial charge is 0.124 e. The molecule has 2 rings (SSSR count). The quantitative estimate of drug-likeness (QED) is 0.722. The van der Waals surface area contributed by atoms with Gasteiger partial charge in [0.05, 0.1) is 10.0 Å². The van der Waals surface area contributed by atoms with Crippen LogP contribution in [-0.2, 0) is 0 Å². The van der Waals surface area contributed by atoms with E-state index in [-0.39, 0.29) is 0 Å². The van der Waals surface area contributed by atoms with Crippen molar-refractivity contribution in [3.8, 4) is 10.6 Å². The van der Waals surface area contributed by atoms with Crippen molar-refractivity contribution >= 4 is 34.5 Å². The molecule has 1 heterocycles. The molecule has 1 radical (unpaired) electrons. The van der Waals surface area contributed by atoms with Gasteiger partial charge in [-0.3, -0.25) is 0 Å². The number of benzene rings is 1. The van der Waals surface area contributed by atoms with Crippen molar-refractivity contribution in [2.24, 2.45) is 0 Å². The summed E-state index contributed by atoms with van der Waals surface area (Å²) in [5.74, 6) is 0. The predicted molar refractivity (Wildman–Crippen MR) is 56.4 cm³/mol. The van der Waals surface area contributed by atoms with Crippen LogP contribution in [0, 0.1) is 6.20 Å². The molecule has 0 aliphatic heterocycles. The summed E-state index contributed by atoms with van der Waals surface area (Å²) in [5.41, 5.74) is 0.973. The van der Waals surface area contributed by atoms with Gasteiger partial charge in [0.2, 0.25) is 0 Å². The Morgan fingerprint density at radius 3 is 2.69 bits per heavy atom. The highest BCUT2D eigenvalue weighted by Gasteiger charge is 2.03. The molecule has 1 nitrogen and oxygen atoms in total. The van der Waals surface area contributed by atoms with Crippen molar-refractivity contribution in [3.63, 3.8) is 0 Å². The minimum Gasteiger partial charge on any atom is -0.234 e. The van der Waals surface area contributed by atoms with E-state index in [9.17, 15) is 0 Å². The largest absolute Gasteiger partial charge is 0.234 e. The summed E-state index contributed by atoms with van der Waals surface area (Å²) in [6.07, 6.45) is 2.75. The SMILES string of the molecule is Clc1ccc(-c2n[c]cs2)cc1Cl. The van der Waals surface area contributed by atoms with Crippen LogP contribution >= 0.6 is 34.5 Å². The number of aromatic nitrogens is 1. The van der Waals surface area contributed by atoms with Gasteiger partial charge >= 0.3 is 0 Å². The number of halogens is 2. The van der Waals surface area contributed by atoms with Gasteiger partial charge in [-0.15, -0.1) is 11.3 Å². The second-order valence-corrected chi connectivity index (χ2v) is 4.08. The van der Waals surface area contributed by atoms with Crippen LogP contribution in [0.5, 0.6) is 0 Å². The third-order valence-electron chi connectivity index (χ3n) is 1.56. The molecule has 0 fully saturated rings. The van der Waals surface area contributed by atoms with Crippen LogP contribution in [0.25, 0.3) is 10.6 Å². The first-order valence-electron chi connectivity index (χ1n) is 3.54. The lowest BCUT2D eigenvalue weighted by Crippen LogP contribution is -1.75. The molecular formula is C9H4Cl2NS.